The molecular formula is C11H18N5O3+. The van der Waals surface area contributed by atoms with E-state index in [0.29, 0.717) is 17.7 Å². The number of hydrogen-bond donors (Lipinski definition) is 2. The second-order valence-corrected chi connectivity index (χ2v) is 4.15. The Hall–Kier alpha value is -1.93. The molecule has 8 heteroatoms. The molecule has 0 aliphatic rings. The van der Waals surface area contributed by atoms with Crippen LogP contribution in [0.1, 0.15) is 6.92 Å². The quantitative estimate of drug-likeness (QED) is 0.513. The lowest BCUT2D eigenvalue weighted by atomic mass is 10.5. The summed E-state index contributed by atoms with van der Waals surface area (Å²) in [7, 11) is 1.77. The van der Waals surface area contributed by atoms with Crippen molar-refractivity contribution in [1.82, 2.24) is 14.1 Å². The lowest BCUT2D eigenvalue weighted by Crippen LogP contribution is -2.36. The summed E-state index contributed by atoms with van der Waals surface area (Å²) in [5.74, 6) is 0.183. The van der Waals surface area contributed by atoms with Crippen LogP contribution < -0.4 is 15.9 Å². The van der Waals surface area contributed by atoms with E-state index in [-0.39, 0.29) is 31.5 Å². The van der Waals surface area contributed by atoms with Gasteiger partial charge in [0.25, 0.3) is 5.95 Å². The van der Waals surface area contributed by atoms with E-state index in [1.165, 1.54) is 4.57 Å². The minimum Gasteiger partial charge on any atom is -0.394 e. The van der Waals surface area contributed by atoms with Crippen molar-refractivity contribution in [3.63, 3.8) is 0 Å². The largest absolute Gasteiger partial charge is 0.394 e. The molecule has 0 aromatic carbocycles. The predicted molar refractivity (Wildman–Crippen MR) is 68.3 cm³/mol. The summed E-state index contributed by atoms with van der Waals surface area (Å²) in [5, 5.41) is 8.69. The minimum absolute atomic E-state index is 0.0520. The Labute approximate surface area is 109 Å². The topological polar surface area (TPSA) is 99.2 Å². The molecule has 0 aliphatic carbocycles. The van der Waals surface area contributed by atoms with Gasteiger partial charge in [0.1, 0.15) is 0 Å². The van der Waals surface area contributed by atoms with Crippen molar-refractivity contribution in [3.05, 3.63) is 16.7 Å². The summed E-state index contributed by atoms with van der Waals surface area (Å²) in [6.45, 7) is 2.70. The molecule has 8 nitrogen and oxygen atoms in total. The molecule has 0 amide bonds. The van der Waals surface area contributed by atoms with Crippen LogP contribution in [0.25, 0.3) is 11.2 Å². The zero-order chi connectivity index (χ0) is 14.0. The van der Waals surface area contributed by atoms with E-state index in [4.69, 9.17) is 15.6 Å². The van der Waals surface area contributed by atoms with Crippen molar-refractivity contribution in [2.75, 3.05) is 18.9 Å². The Kier molecular flexibility index (Phi) is 3.82. The van der Waals surface area contributed by atoms with E-state index in [9.17, 15) is 4.79 Å². The second-order valence-electron chi connectivity index (χ2n) is 4.15. The van der Waals surface area contributed by atoms with E-state index in [1.807, 2.05) is 6.92 Å². The fourth-order valence-corrected chi connectivity index (χ4v) is 2.01. The summed E-state index contributed by atoms with van der Waals surface area (Å²) in [6.07, 6.45) is 1.72. The highest BCUT2D eigenvalue weighted by Crippen LogP contribution is 2.05. The van der Waals surface area contributed by atoms with Gasteiger partial charge in [-0.3, -0.25) is 13.9 Å². The molecule has 2 rings (SSSR count). The van der Waals surface area contributed by atoms with Crippen LogP contribution in [-0.2, 0) is 25.1 Å². The number of aliphatic hydroxyl groups excluding tert-OH is 1. The normalized spacial score (nSPS) is 11.3. The molecule has 0 atom stereocenters. The van der Waals surface area contributed by atoms with Crippen LogP contribution in [0.3, 0.4) is 0 Å². The Morgan fingerprint density at radius 1 is 1.58 bits per heavy atom. The number of aryl methyl sites for hydroxylation is 1. The first kappa shape index (κ1) is 13.5. The van der Waals surface area contributed by atoms with Gasteiger partial charge in [0.2, 0.25) is 5.52 Å². The zero-order valence-corrected chi connectivity index (χ0v) is 11.0. The number of fused-ring (bicyclic) bond motifs is 1. The lowest BCUT2D eigenvalue weighted by Gasteiger charge is -2.02. The third kappa shape index (κ3) is 2.32. The standard InChI is InChI=1S/C11H17N5O3/c1-3-16-10(18)8-9(13-11(16)12)15(6-14(8)2)7-19-5-4-17/h6,17H,3-5,7H2,1-2H3,(H-,12,13,18)/p+1. The Balaban J connectivity index is 2.55. The van der Waals surface area contributed by atoms with E-state index in [1.54, 1.807) is 22.5 Å². The van der Waals surface area contributed by atoms with Gasteiger partial charge >= 0.3 is 11.2 Å². The number of hydrogen-bond acceptors (Lipinski definition) is 5. The van der Waals surface area contributed by atoms with Gasteiger partial charge in [-0.2, -0.15) is 0 Å². The van der Waals surface area contributed by atoms with Gasteiger partial charge in [0.05, 0.1) is 20.3 Å². The van der Waals surface area contributed by atoms with Crippen molar-refractivity contribution in [1.29, 1.82) is 0 Å². The number of aliphatic hydroxyl groups is 1. The monoisotopic (exact) mass is 268 g/mol. The third-order valence-electron chi connectivity index (χ3n) is 2.88. The van der Waals surface area contributed by atoms with Crippen LogP contribution in [0, 0.1) is 0 Å². The highest BCUT2D eigenvalue weighted by atomic mass is 16.5. The molecule has 104 valence electrons. The number of ether oxygens (including phenoxy) is 1. The molecule has 2 aromatic heterocycles. The second kappa shape index (κ2) is 5.37. The molecule has 3 N–H and O–H groups in total. The van der Waals surface area contributed by atoms with Crippen molar-refractivity contribution >= 4 is 17.1 Å². The van der Waals surface area contributed by atoms with Crippen LogP contribution >= 0.6 is 0 Å². The fraction of sp³-hybridized carbons (Fsp3) is 0.545. The molecule has 0 aliphatic heterocycles. The highest BCUT2D eigenvalue weighted by molar-refractivity contribution is 5.67. The van der Waals surface area contributed by atoms with E-state index in [2.05, 4.69) is 4.98 Å². The molecule has 0 unspecified atom stereocenters. The molecule has 0 saturated carbocycles. The number of nitrogens with zero attached hydrogens (tertiary/aromatic N) is 4. The van der Waals surface area contributed by atoms with Crippen molar-refractivity contribution in [2.45, 2.75) is 20.2 Å². The summed E-state index contributed by atoms with van der Waals surface area (Å²) in [5.41, 5.74) is 6.56. The molecule has 19 heavy (non-hydrogen) atoms. The van der Waals surface area contributed by atoms with Gasteiger partial charge in [0, 0.05) is 6.54 Å². The van der Waals surface area contributed by atoms with Crippen molar-refractivity contribution in [2.24, 2.45) is 7.05 Å². The highest BCUT2D eigenvalue weighted by Gasteiger charge is 2.21. The first-order valence-electron chi connectivity index (χ1n) is 6.03. The first-order chi connectivity index (χ1) is 9.10. The van der Waals surface area contributed by atoms with E-state index in [0.717, 1.165) is 0 Å². The Morgan fingerprint density at radius 3 is 2.95 bits per heavy atom. The number of imidazole rings is 1. The first-order valence-corrected chi connectivity index (χ1v) is 6.03. The molecule has 2 aromatic rings. The molecule has 0 radical (unpaired) electrons. The van der Waals surface area contributed by atoms with Crippen molar-refractivity contribution in [3.8, 4) is 0 Å². The van der Waals surface area contributed by atoms with Crippen LogP contribution in [0.2, 0.25) is 0 Å². The maximum Gasteiger partial charge on any atom is 0.313 e. The summed E-state index contributed by atoms with van der Waals surface area (Å²) in [4.78, 5) is 16.5. The average Bonchev–Trinajstić information content (AvgIpc) is 2.67. The van der Waals surface area contributed by atoms with Gasteiger partial charge in [-0.25, -0.2) is 4.57 Å². The number of nitrogens with two attached hydrogens (primary N) is 1. The van der Waals surface area contributed by atoms with Gasteiger partial charge < -0.3 is 15.6 Å². The Morgan fingerprint density at radius 2 is 2.32 bits per heavy atom. The Bertz CT molecular complexity index is 646. The molecule has 0 bridgehead atoms. The van der Waals surface area contributed by atoms with Gasteiger partial charge in [-0.1, -0.05) is 4.98 Å². The summed E-state index contributed by atoms with van der Waals surface area (Å²) in [6, 6.07) is 0. The number of aromatic nitrogens is 4. The molecular weight excluding hydrogens is 250 g/mol. The van der Waals surface area contributed by atoms with Crippen LogP contribution in [0.4, 0.5) is 5.95 Å². The smallest absolute Gasteiger partial charge is 0.313 e. The number of nitrogen functional groups attached to an aromatic ring is 1. The van der Waals surface area contributed by atoms with Crippen LogP contribution in [0.5, 0.6) is 0 Å². The number of anilines is 1. The van der Waals surface area contributed by atoms with E-state index >= 15 is 0 Å². The third-order valence-corrected chi connectivity index (χ3v) is 2.88. The van der Waals surface area contributed by atoms with E-state index < -0.39 is 0 Å². The lowest BCUT2D eigenvalue weighted by molar-refractivity contribution is -0.711. The van der Waals surface area contributed by atoms with Gasteiger partial charge in [-0.05, 0) is 6.92 Å². The maximum absolute atomic E-state index is 12.3. The molecule has 0 fully saturated rings. The maximum atomic E-state index is 12.3. The van der Waals surface area contributed by atoms with Crippen LogP contribution in [-0.4, -0.2) is 32.4 Å². The molecule has 0 saturated heterocycles. The molecule has 2 heterocycles. The summed E-state index contributed by atoms with van der Waals surface area (Å²) >= 11 is 0. The van der Waals surface area contributed by atoms with Gasteiger partial charge in [-0.15, -0.1) is 0 Å². The van der Waals surface area contributed by atoms with Crippen molar-refractivity contribution < 1.29 is 14.4 Å². The molecule has 0 spiro atoms. The fourth-order valence-electron chi connectivity index (χ4n) is 2.01. The van der Waals surface area contributed by atoms with Crippen LogP contribution in [0.15, 0.2) is 11.1 Å². The van der Waals surface area contributed by atoms with Gasteiger partial charge in [0.15, 0.2) is 13.1 Å². The predicted octanol–water partition coefficient (Wildman–Crippen LogP) is -1.41. The minimum atomic E-state index is -0.173. The number of rotatable bonds is 5. The zero-order valence-electron chi connectivity index (χ0n) is 11.0. The summed E-state index contributed by atoms with van der Waals surface area (Å²) < 4.78 is 10.0. The SMILES string of the molecule is CCn1c(N)nc2c(c1=O)n(C)c[n+]2COCCO. The average molecular weight is 268 g/mol.